The predicted octanol–water partition coefficient (Wildman–Crippen LogP) is 5.17. The minimum Gasteiger partial charge on any atom is -0.443 e. The van der Waals surface area contributed by atoms with Gasteiger partial charge in [0, 0.05) is 57.7 Å². The van der Waals surface area contributed by atoms with Crippen LogP contribution in [-0.2, 0) is 23.9 Å². The van der Waals surface area contributed by atoms with Crippen molar-refractivity contribution in [3.05, 3.63) is 81.8 Å². The van der Waals surface area contributed by atoms with Crippen molar-refractivity contribution >= 4 is 87.9 Å². The standard InChI is InChI=1S/C22H18N6O2.C19H20ClN5O4/c1-2-13-4-3-5-17(8-13)24-18-11-19(25-16-6-7-16)28-21(26-18)15(12-23-28)9-14-10-20(29)27-22(14)30;1-19(2,3)29-18(28)24(12-4-5-12)15-8-13(20)22-16-11(9-21-25(15)16)6-10-7-14(26)23-17(10)27/h1,3-5,8-9,11-12,16,25H,6-7,10H2,(H,24,26)(H,27,29,30);6,8-9,12H,4-5,7H2,1-3H3,(H,23,26,27)/b14-9+;10-6+. The summed E-state index contributed by atoms with van der Waals surface area (Å²) >= 11 is 6.24. The van der Waals surface area contributed by atoms with Crippen LogP contribution in [0, 0.1) is 12.3 Å². The lowest BCUT2D eigenvalue weighted by molar-refractivity contribution is -0.125. The maximum absolute atomic E-state index is 12.9. The molecule has 0 bridgehead atoms. The number of fused-ring (bicyclic) bond motifs is 2. The second kappa shape index (κ2) is 15.4. The summed E-state index contributed by atoms with van der Waals surface area (Å²) in [5.41, 5.74) is 3.79. The Bertz CT molecular complexity index is 2690. The fourth-order valence-electron chi connectivity index (χ4n) is 6.42. The Kier molecular flexibility index (Phi) is 10.1. The number of benzene rings is 1. The van der Waals surface area contributed by atoms with E-state index in [-0.39, 0.29) is 41.8 Å². The van der Waals surface area contributed by atoms with Crippen LogP contribution in [0.3, 0.4) is 0 Å². The summed E-state index contributed by atoms with van der Waals surface area (Å²) in [4.78, 5) is 70.2. The molecule has 0 unspecified atom stereocenters. The fraction of sp³-hybridized carbons (Fsp3) is 0.293. The molecule has 4 aliphatic rings. The van der Waals surface area contributed by atoms with Crippen LogP contribution >= 0.6 is 11.6 Å². The van der Waals surface area contributed by atoms with Gasteiger partial charge in [-0.05, 0) is 76.8 Å². The van der Waals surface area contributed by atoms with Gasteiger partial charge in [0.1, 0.15) is 28.2 Å². The number of hydrogen-bond donors (Lipinski definition) is 4. The molecule has 0 atom stereocenters. The molecule has 4 fully saturated rings. The summed E-state index contributed by atoms with van der Waals surface area (Å²) < 4.78 is 8.77. The van der Waals surface area contributed by atoms with Gasteiger partial charge in [0.15, 0.2) is 11.3 Å². The molecule has 18 heteroatoms. The van der Waals surface area contributed by atoms with E-state index in [1.807, 2.05) is 30.3 Å². The minimum absolute atomic E-state index is 0.00393. The Morgan fingerprint density at radius 3 is 2.10 bits per heavy atom. The highest BCUT2D eigenvalue weighted by molar-refractivity contribution is 6.30. The van der Waals surface area contributed by atoms with Gasteiger partial charge < -0.3 is 15.4 Å². The van der Waals surface area contributed by atoms with E-state index in [1.54, 1.807) is 54.6 Å². The molecule has 9 rings (SSSR count). The van der Waals surface area contributed by atoms with Gasteiger partial charge in [-0.25, -0.2) is 14.8 Å². The molecule has 6 heterocycles. The van der Waals surface area contributed by atoms with E-state index in [4.69, 9.17) is 27.7 Å². The highest BCUT2D eigenvalue weighted by Crippen LogP contribution is 2.35. The zero-order valence-electron chi connectivity index (χ0n) is 32.2. The van der Waals surface area contributed by atoms with Gasteiger partial charge in [0.25, 0.3) is 11.8 Å². The molecule has 17 nitrogen and oxygen atoms in total. The molecule has 5 aromatic rings. The van der Waals surface area contributed by atoms with Gasteiger partial charge in [-0.1, -0.05) is 23.6 Å². The maximum atomic E-state index is 12.9. The van der Waals surface area contributed by atoms with Crippen molar-refractivity contribution in [1.82, 2.24) is 39.8 Å². The van der Waals surface area contributed by atoms with E-state index < -0.39 is 17.6 Å². The van der Waals surface area contributed by atoms with Crippen LogP contribution in [0.1, 0.15) is 76.0 Å². The summed E-state index contributed by atoms with van der Waals surface area (Å²) in [6.45, 7) is 5.41. The van der Waals surface area contributed by atoms with E-state index in [0.717, 1.165) is 42.8 Å². The molecular weight excluding hydrogens is 778 g/mol. The maximum Gasteiger partial charge on any atom is 0.416 e. The first-order valence-electron chi connectivity index (χ1n) is 18.9. The number of imide groups is 2. The van der Waals surface area contributed by atoms with Crippen LogP contribution < -0.4 is 26.2 Å². The van der Waals surface area contributed by atoms with E-state index in [1.165, 1.54) is 10.7 Å². The van der Waals surface area contributed by atoms with Gasteiger partial charge in [0.05, 0.1) is 25.2 Å². The van der Waals surface area contributed by atoms with Crippen molar-refractivity contribution in [3.63, 3.8) is 0 Å². The minimum atomic E-state index is -0.651. The molecule has 2 saturated carbocycles. The predicted molar refractivity (Wildman–Crippen MR) is 219 cm³/mol. The molecule has 1 aromatic carbocycles. The molecule has 0 radical (unpaired) electrons. The van der Waals surface area contributed by atoms with Crippen LogP contribution in [0.15, 0.2) is 59.9 Å². The fourth-order valence-corrected chi connectivity index (χ4v) is 6.60. The summed E-state index contributed by atoms with van der Waals surface area (Å²) in [5, 5.41) is 20.2. The van der Waals surface area contributed by atoms with Gasteiger partial charge in [-0.15, -0.1) is 6.42 Å². The number of terminal acetylenes is 1. The number of carbonyl (C=O) groups excluding carboxylic acids is 5. The van der Waals surface area contributed by atoms with Crippen molar-refractivity contribution in [2.75, 3.05) is 15.5 Å². The molecular formula is C41H38ClN11O6. The molecule has 5 amide bonds. The molecule has 2 aliphatic carbocycles. The third kappa shape index (κ3) is 8.77. The number of ether oxygens (including phenoxy) is 1. The Balaban J connectivity index is 0.000000164. The van der Waals surface area contributed by atoms with Crippen LogP contribution in [0.2, 0.25) is 5.15 Å². The highest BCUT2D eigenvalue weighted by Gasteiger charge is 2.38. The first-order valence-corrected chi connectivity index (χ1v) is 19.2. The molecule has 2 aliphatic heterocycles. The van der Waals surface area contributed by atoms with E-state index in [9.17, 15) is 24.0 Å². The first kappa shape index (κ1) is 38.8. The molecule has 59 heavy (non-hydrogen) atoms. The number of aromatic nitrogens is 6. The number of carbonyl (C=O) groups is 5. The smallest absolute Gasteiger partial charge is 0.416 e. The number of halogens is 1. The lowest BCUT2D eigenvalue weighted by Crippen LogP contribution is -2.39. The van der Waals surface area contributed by atoms with Crippen molar-refractivity contribution < 1.29 is 28.7 Å². The Morgan fingerprint density at radius 1 is 0.915 bits per heavy atom. The average molecular weight is 816 g/mol. The summed E-state index contributed by atoms with van der Waals surface area (Å²) in [6.07, 6.45) is 15.4. The zero-order chi connectivity index (χ0) is 41.6. The van der Waals surface area contributed by atoms with Crippen molar-refractivity contribution in [3.8, 4) is 12.3 Å². The highest BCUT2D eigenvalue weighted by atomic mass is 35.5. The Morgan fingerprint density at radius 2 is 1.54 bits per heavy atom. The number of nitrogens with zero attached hydrogens (tertiary/aromatic N) is 7. The molecule has 0 spiro atoms. The SMILES string of the molecule is C#Cc1cccc(Nc2cc(NC3CC3)n3ncc(/C=C4\CC(=O)NC4=O)c3n2)c1.CC(C)(C)OC(=O)N(c1cc(Cl)nc2c(/C=C3\CC(=O)NC3=O)cnn12)C1CC1. The lowest BCUT2D eigenvalue weighted by atomic mass is 10.1. The molecule has 4 aromatic heterocycles. The van der Waals surface area contributed by atoms with E-state index >= 15 is 0 Å². The van der Waals surface area contributed by atoms with Gasteiger partial charge in [-0.2, -0.15) is 19.2 Å². The number of amides is 5. The third-order valence-corrected chi connectivity index (χ3v) is 9.57. The normalized spacial score (nSPS) is 17.8. The zero-order valence-corrected chi connectivity index (χ0v) is 33.0. The summed E-state index contributed by atoms with van der Waals surface area (Å²) in [5.74, 6) is 3.00. The first-order chi connectivity index (χ1) is 28.2. The Labute approximate surface area is 342 Å². The summed E-state index contributed by atoms with van der Waals surface area (Å²) in [6, 6.07) is 11.4. The monoisotopic (exact) mass is 815 g/mol. The van der Waals surface area contributed by atoms with Crippen molar-refractivity contribution in [2.24, 2.45) is 0 Å². The second-order valence-corrected chi connectivity index (χ2v) is 15.8. The number of rotatable bonds is 8. The van der Waals surface area contributed by atoms with Gasteiger partial charge in [0.2, 0.25) is 11.8 Å². The quantitative estimate of drug-likeness (QED) is 0.0693. The van der Waals surface area contributed by atoms with Gasteiger partial charge >= 0.3 is 6.09 Å². The van der Waals surface area contributed by atoms with E-state index in [2.05, 4.69) is 42.4 Å². The van der Waals surface area contributed by atoms with Crippen LogP contribution in [0.5, 0.6) is 0 Å². The number of anilines is 4. The number of nitrogens with one attached hydrogen (secondary N) is 4. The van der Waals surface area contributed by atoms with Crippen LogP contribution in [0.25, 0.3) is 23.4 Å². The molecule has 4 N–H and O–H groups in total. The third-order valence-electron chi connectivity index (χ3n) is 9.38. The molecule has 2 saturated heterocycles. The van der Waals surface area contributed by atoms with Crippen LogP contribution in [0.4, 0.5) is 27.9 Å². The average Bonchev–Trinajstić information content (AvgIpc) is 4.04. The van der Waals surface area contributed by atoms with E-state index in [0.29, 0.717) is 51.2 Å². The van der Waals surface area contributed by atoms with Crippen molar-refractivity contribution in [1.29, 1.82) is 0 Å². The number of hydrogen-bond acceptors (Lipinski definition) is 12. The van der Waals surface area contributed by atoms with Crippen molar-refractivity contribution in [2.45, 2.75) is 77.0 Å². The second-order valence-electron chi connectivity index (χ2n) is 15.4. The summed E-state index contributed by atoms with van der Waals surface area (Å²) in [7, 11) is 0. The topological polar surface area (TPSA) is 206 Å². The van der Waals surface area contributed by atoms with Crippen LogP contribution in [-0.4, -0.2) is 76.6 Å². The molecule has 300 valence electrons. The Hall–Kier alpha value is -7.06. The largest absolute Gasteiger partial charge is 0.443 e. The lowest BCUT2D eigenvalue weighted by Gasteiger charge is -2.27. The van der Waals surface area contributed by atoms with Gasteiger partial charge in [-0.3, -0.25) is 34.7 Å².